The van der Waals surface area contributed by atoms with E-state index in [4.69, 9.17) is 4.74 Å². The van der Waals surface area contributed by atoms with Crippen LogP contribution in [-0.2, 0) is 14.3 Å². The highest BCUT2D eigenvalue weighted by Gasteiger charge is 2.18. The molecule has 0 saturated carbocycles. The van der Waals surface area contributed by atoms with Crippen LogP contribution in [0, 0.1) is 0 Å². The molecule has 0 spiro atoms. The Morgan fingerprint density at radius 3 is 0.986 bits per heavy atom. The van der Waals surface area contributed by atoms with Gasteiger partial charge in [-0.3, -0.25) is 9.59 Å². The van der Waals surface area contributed by atoms with Gasteiger partial charge in [-0.15, -0.1) is 0 Å². The number of allylic oxidation sites excluding steroid dienone is 1. The van der Waals surface area contributed by atoms with E-state index < -0.39 is 12.1 Å². The second-order valence-electron chi connectivity index (χ2n) is 21.8. The summed E-state index contributed by atoms with van der Waals surface area (Å²) in [5, 5.41) is 23.2. The lowest BCUT2D eigenvalue weighted by atomic mass is 10.0. The SMILES string of the molecule is CCCCCCCCCCCCCCCCCCCCC/C=C/C(O)C(CO)NC(=O)CCCCCCCCCCCCCCOC(=O)CCCCCCCCCCCCCCCCCCCCC. The van der Waals surface area contributed by atoms with Crippen LogP contribution >= 0.6 is 0 Å². The van der Waals surface area contributed by atoms with Crippen LogP contribution in [0.3, 0.4) is 0 Å². The molecular formula is C63H123NO5. The molecule has 0 aliphatic carbocycles. The van der Waals surface area contributed by atoms with Crippen molar-refractivity contribution < 1.29 is 24.5 Å². The second kappa shape index (κ2) is 59.2. The molecule has 6 nitrogen and oxygen atoms in total. The third kappa shape index (κ3) is 55.8. The van der Waals surface area contributed by atoms with Crippen molar-refractivity contribution in [3.05, 3.63) is 12.2 Å². The van der Waals surface area contributed by atoms with Gasteiger partial charge in [0.25, 0.3) is 0 Å². The number of carbonyl (C=O) groups is 2. The van der Waals surface area contributed by atoms with Crippen LogP contribution in [0.2, 0.25) is 0 Å². The van der Waals surface area contributed by atoms with Crippen LogP contribution in [0.5, 0.6) is 0 Å². The monoisotopic (exact) mass is 974 g/mol. The predicted molar refractivity (Wildman–Crippen MR) is 301 cm³/mol. The summed E-state index contributed by atoms with van der Waals surface area (Å²) in [5.41, 5.74) is 0. The predicted octanol–water partition coefficient (Wildman–Crippen LogP) is 19.6. The standard InChI is InChI=1S/C63H123NO5/c1-3-5-7-9-11-13-15-17-19-21-23-24-26-27-29-31-35-39-43-47-51-55-61(66)60(59-65)64-62(67)56-52-48-44-40-36-33-34-38-42-46-50-54-58-69-63(68)57-53-49-45-41-37-32-30-28-25-22-20-18-16-14-12-10-8-6-4-2/h51,55,60-61,65-66H,3-50,52-54,56-59H2,1-2H3,(H,64,67)/b55-51+. The molecule has 0 aliphatic rings. The Morgan fingerprint density at radius 1 is 0.391 bits per heavy atom. The first-order valence-corrected chi connectivity index (χ1v) is 31.5. The molecule has 0 aromatic heterocycles. The van der Waals surface area contributed by atoms with Gasteiger partial charge in [0.15, 0.2) is 0 Å². The molecule has 69 heavy (non-hydrogen) atoms. The average Bonchev–Trinajstić information content (AvgIpc) is 3.35. The lowest BCUT2D eigenvalue weighted by Crippen LogP contribution is -2.45. The number of nitrogens with one attached hydrogen (secondary N) is 1. The van der Waals surface area contributed by atoms with Crippen molar-refractivity contribution in [1.29, 1.82) is 0 Å². The Labute approximate surface area is 431 Å². The first-order valence-electron chi connectivity index (χ1n) is 31.5. The molecule has 410 valence electrons. The van der Waals surface area contributed by atoms with Gasteiger partial charge in [0.05, 0.1) is 25.4 Å². The lowest BCUT2D eigenvalue weighted by molar-refractivity contribution is -0.143. The maximum absolute atomic E-state index is 12.5. The zero-order chi connectivity index (χ0) is 50.0. The van der Waals surface area contributed by atoms with Gasteiger partial charge < -0.3 is 20.3 Å². The van der Waals surface area contributed by atoms with E-state index in [-0.39, 0.29) is 18.5 Å². The summed E-state index contributed by atoms with van der Waals surface area (Å²) < 4.78 is 5.49. The van der Waals surface area contributed by atoms with E-state index in [0.29, 0.717) is 19.4 Å². The quantitative estimate of drug-likeness (QED) is 0.0321. The zero-order valence-corrected chi connectivity index (χ0v) is 46.8. The number of aliphatic hydroxyl groups excluding tert-OH is 2. The third-order valence-corrected chi connectivity index (χ3v) is 14.8. The molecular weight excluding hydrogens is 851 g/mol. The van der Waals surface area contributed by atoms with Gasteiger partial charge in [0.2, 0.25) is 5.91 Å². The van der Waals surface area contributed by atoms with Crippen molar-refractivity contribution >= 4 is 11.9 Å². The number of esters is 1. The van der Waals surface area contributed by atoms with Gasteiger partial charge in [-0.2, -0.15) is 0 Å². The fourth-order valence-electron chi connectivity index (χ4n) is 9.99. The van der Waals surface area contributed by atoms with Crippen molar-refractivity contribution in [3.8, 4) is 0 Å². The van der Waals surface area contributed by atoms with E-state index >= 15 is 0 Å². The first kappa shape index (κ1) is 67.6. The molecule has 0 aliphatic heterocycles. The maximum Gasteiger partial charge on any atom is 0.305 e. The first-order chi connectivity index (χ1) is 34.0. The number of ether oxygens (including phenoxy) is 1. The molecule has 6 heteroatoms. The Morgan fingerprint density at radius 2 is 0.667 bits per heavy atom. The fraction of sp³-hybridized carbons (Fsp3) is 0.937. The molecule has 0 fully saturated rings. The van der Waals surface area contributed by atoms with Crippen molar-refractivity contribution in [2.45, 2.75) is 366 Å². The minimum atomic E-state index is -0.855. The normalized spacial score (nSPS) is 12.6. The molecule has 3 N–H and O–H groups in total. The summed E-state index contributed by atoms with van der Waals surface area (Å²) in [7, 11) is 0. The molecule has 0 aromatic rings. The maximum atomic E-state index is 12.5. The summed E-state index contributed by atoms with van der Waals surface area (Å²) in [6.07, 6.45) is 71.0. The van der Waals surface area contributed by atoms with E-state index in [0.717, 1.165) is 57.8 Å². The number of aliphatic hydroxyl groups is 2. The minimum Gasteiger partial charge on any atom is -0.466 e. The summed E-state index contributed by atoms with van der Waals surface area (Å²) in [6, 6.07) is -0.639. The smallest absolute Gasteiger partial charge is 0.305 e. The Kier molecular flexibility index (Phi) is 58.0. The second-order valence-corrected chi connectivity index (χ2v) is 21.8. The molecule has 0 bridgehead atoms. The van der Waals surface area contributed by atoms with Crippen molar-refractivity contribution in [2.24, 2.45) is 0 Å². The van der Waals surface area contributed by atoms with Gasteiger partial charge in [0, 0.05) is 12.8 Å². The van der Waals surface area contributed by atoms with E-state index in [9.17, 15) is 19.8 Å². The molecule has 0 rings (SSSR count). The Bertz CT molecular complexity index is 1030. The zero-order valence-electron chi connectivity index (χ0n) is 46.8. The minimum absolute atomic E-state index is 0.00488. The van der Waals surface area contributed by atoms with Crippen LogP contribution in [0.1, 0.15) is 354 Å². The van der Waals surface area contributed by atoms with Crippen LogP contribution < -0.4 is 5.32 Å². The van der Waals surface area contributed by atoms with Crippen molar-refractivity contribution in [2.75, 3.05) is 13.2 Å². The van der Waals surface area contributed by atoms with E-state index in [1.54, 1.807) is 6.08 Å². The van der Waals surface area contributed by atoms with Crippen LogP contribution in [0.15, 0.2) is 12.2 Å². The molecule has 2 unspecified atom stereocenters. The summed E-state index contributed by atoms with van der Waals surface area (Å²) in [5.74, 6) is -0.0840. The highest BCUT2D eigenvalue weighted by Crippen LogP contribution is 2.18. The van der Waals surface area contributed by atoms with Gasteiger partial charge in [0.1, 0.15) is 0 Å². The highest BCUT2D eigenvalue weighted by atomic mass is 16.5. The molecule has 1 amide bonds. The number of unbranched alkanes of at least 4 members (excludes halogenated alkanes) is 48. The summed E-state index contributed by atoms with van der Waals surface area (Å²) >= 11 is 0. The molecule has 0 aromatic carbocycles. The summed E-state index contributed by atoms with van der Waals surface area (Å²) in [6.45, 7) is 4.91. The lowest BCUT2D eigenvalue weighted by Gasteiger charge is -2.20. The van der Waals surface area contributed by atoms with Crippen LogP contribution in [0.4, 0.5) is 0 Å². The molecule has 0 heterocycles. The van der Waals surface area contributed by atoms with Gasteiger partial charge in [-0.05, 0) is 32.1 Å². The van der Waals surface area contributed by atoms with E-state index in [2.05, 4.69) is 19.2 Å². The molecule has 2 atom stereocenters. The summed E-state index contributed by atoms with van der Waals surface area (Å²) in [4.78, 5) is 24.6. The number of amides is 1. The van der Waals surface area contributed by atoms with Crippen LogP contribution in [0.25, 0.3) is 0 Å². The average molecular weight is 975 g/mol. The topological polar surface area (TPSA) is 95.9 Å². The van der Waals surface area contributed by atoms with Crippen LogP contribution in [-0.4, -0.2) is 47.4 Å². The van der Waals surface area contributed by atoms with Crippen molar-refractivity contribution in [3.63, 3.8) is 0 Å². The third-order valence-electron chi connectivity index (χ3n) is 14.8. The van der Waals surface area contributed by atoms with Gasteiger partial charge in [-0.1, -0.05) is 321 Å². The molecule has 0 radical (unpaired) electrons. The Balaban J connectivity index is 3.45. The van der Waals surface area contributed by atoms with E-state index in [1.807, 2.05) is 6.08 Å². The van der Waals surface area contributed by atoms with Gasteiger partial charge in [-0.25, -0.2) is 0 Å². The van der Waals surface area contributed by atoms with Gasteiger partial charge >= 0.3 is 5.97 Å². The molecule has 0 saturated heterocycles. The number of hydrogen-bond acceptors (Lipinski definition) is 5. The fourth-order valence-corrected chi connectivity index (χ4v) is 9.99. The number of carbonyl (C=O) groups excluding carboxylic acids is 2. The highest BCUT2D eigenvalue weighted by molar-refractivity contribution is 5.76. The van der Waals surface area contributed by atoms with Crippen molar-refractivity contribution in [1.82, 2.24) is 5.32 Å². The number of rotatable bonds is 59. The largest absolute Gasteiger partial charge is 0.466 e. The van der Waals surface area contributed by atoms with E-state index in [1.165, 1.54) is 270 Å². The Hall–Kier alpha value is -1.40. The number of hydrogen-bond donors (Lipinski definition) is 3.